The first kappa shape index (κ1) is 17.6. The van der Waals surface area contributed by atoms with Crippen LogP contribution in [0.4, 0.5) is 0 Å². The summed E-state index contributed by atoms with van der Waals surface area (Å²) in [5.74, 6) is 0.999. The molecule has 2 aromatic carbocycles. The van der Waals surface area contributed by atoms with Gasteiger partial charge in [0.2, 0.25) is 0 Å². The average molecular weight is 351 g/mol. The third-order valence-electron chi connectivity index (χ3n) is 6.21. The number of fused-ring (bicyclic) bond motifs is 2. The van der Waals surface area contributed by atoms with E-state index in [0.717, 1.165) is 13.1 Å². The first-order valence-corrected chi connectivity index (χ1v) is 10.0. The smallest absolute Gasteiger partial charge is 0.115 e. The van der Waals surface area contributed by atoms with E-state index in [2.05, 4.69) is 53.5 Å². The fourth-order valence-electron chi connectivity index (χ4n) is 4.89. The molecule has 2 heterocycles. The highest BCUT2D eigenvalue weighted by Gasteiger charge is 2.41. The first-order valence-electron chi connectivity index (χ1n) is 10.0. The lowest BCUT2D eigenvalue weighted by Crippen LogP contribution is -2.48. The molecule has 2 aliphatic heterocycles. The lowest BCUT2D eigenvalue weighted by atomic mass is 9.85. The number of rotatable bonds is 6. The summed E-state index contributed by atoms with van der Waals surface area (Å²) in [5, 5.41) is 13.5. The van der Waals surface area contributed by atoms with Gasteiger partial charge in [0.15, 0.2) is 0 Å². The second-order valence-electron chi connectivity index (χ2n) is 8.11. The van der Waals surface area contributed by atoms with Crippen LogP contribution in [-0.4, -0.2) is 34.7 Å². The Kier molecular flexibility index (Phi) is 5.28. The van der Waals surface area contributed by atoms with Gasteiger partial charge in [0.1, 0.15) is 5.75 Å². The molecular formula is C23H30N2O. The van der Waals surface area contributed by atoms with Crippen molar-refractivity contribution >= 4 is 0 Å². The summed E-state index contributed by atoms with van der Waals surface area (Å²) >= 11 is 0. The van der Waals surface area contributed by atoms with Crippen LogP contribution in [0, 0.1) is 0 Å². The number of nitrogens with one attached hydrogen (secondary N) is 1. The van der Waals surface area contributed by atoms with Gasteiger partial charge < -0.3 is 10.4 Å². The number of phenolic OH excluding ortho intramolecular Hbond substituents is 1. The maximum Gasteiger partial charge on any atom is 0.115 e. The Bertz CT molecular complexity index is 703. The number of hydrogen-bond donors (Lipinski definition) is 2. The molecule has 2 fully saturated rings. The molecule has 2 aliphatic rings. The van der Waals surface area contributed by atoms with Crippen molar-refractivity contribution in [2.45, 2.75) is 63.2 Å². The third kappa shape index (κ3) is 3.94. The molecule has 4 atom stereocenters. The van der Waals surface area contributed by atoms with Crippen molar-refractivity contribution in [2.24, 2.45) is 0 Å². The third-order valence-corrected chi connectivity index (χ3v) is 6.21. The zero-order chi connectivity index (χ0) is 17.9. The Morgan fingerprint density at radius 2 is 1.77 bits per heavy atom. The van der Waals surface area contributed by atoms with Gasteiger partial charge in [-0.15, -0.1) is 0 Å². The number of benzene rings is 2. The van der Waals surface area contributed by atoms with E-state index >= 15 is 0 Å². The van der Waals surface area contributed by atoms with Crippen molar-refractivity contribution < 1.29 is 5.11 Å². The topological polar surface area (TPSA) is 35.5 Å². The highest BCUT2D eigenvalue weighted by atomic mass is 16.3. The Hall–Kier alpha value is -1.84. The van der Waals surface area contributed by atoms with E-state index in [1.165, 1.54) is 36.8 Å². The summed E-state index contributed by atoms with van der Waals surface area (Å²) in [4.78, 5) is 2.75. The first-order chi connectivity index (χ1) is 12.7. The molecule has 0 radical (unpaired) electrons. The molecule has 0 aliphatic carbocycles. The minimum absolute atomic E-state index is 0.399. The molecule has 0 amide bonds. The Balaban J connectivity index is 1.33. The van der Waals surface area contributed by atoms with Crippen LogP contribution in [0.2, 0.25) is 0 Å². The molecule has 3 heteroatoms. The second kappa shape index (κ2) is 7.81. The molecule has 138 valence electrons. The summed E-state index contributed by atoms with van der Waals surface area (Å²) in [5.41, 5.74) is 2.67. The zero-order valence-electron chi connectivity index (χ0n) is 15.6. The predicted molar refractivity (Wildman–Crippen MR) is 106 cm³/mol. The molecule has 1 unspecified atom stereocenters. The van der Waals surface area contributed by atoms with Gasteiger partial charge in [0.05, 0.1) is 0 Å². The van der Waals surface area contributed by atoms with Crippen molar-refractivity contribution in [3.63, 3.8) is 0 Å². The number of hydrogen-bond acceptors (Lipinski definition) is 3. The Morgan fingerprint density at radius 3 is 2.46 bits per heavy atom. The van der Waals surface area contributed by atoms with Crippen molar-refractivity contribution in [1.29, 1.82) is 0 Å². The van der Waals surface area contributed by atoms with Gasteiger partial charge >= 0.3 is 0 Å². The van der Waals surface area contributed by atoms with Gasteiger partial charge in [0.25, 0.3) is 0 Å². The zero-order valence-corrected chi connectivity index (χ0v) is 15.6. The standard InChI is InChI=1S/C23H30N2O/c1-17(24-15-18-6-3-2-4-7-18)16-25-21-10-11-22(25)13-20(12-21)19-8-5-9-23(26)14-19/h2-9,14,17,20-22,24,26H,10-13,15-16H2,1H3/t17?,20-,21+,22-. The highest BCUT2D eigenvalue weighted by Crippen LogP contribution is 2.43. The van der Waals surface area contributed by atoms with E-state index < -0.39 is 0 Å². The quantitative estimate of drug-likeness (QED) is 0.816. The summed E-state index contributed by atoms with van der Waals surface area (Å²) in [6, 6.07) is 20.4. The summed E-state index contributed by atoms with van der Waals surface area (Å²) in [7, 11) is 0. The van der Waals surface area contributed by atoms with Crippen LogP contribution in [0.15, 0.2) is 54.6 Å². The highest BCUT2D eigenvalue weighted by molar-refractivity contribution is 5.30. The van der Waals surface area contributed by atoms with Crippen LogP contribution in [0.25, 0.3) is 0 Å². The van der Waals surface area contributed by atoms with E-state index in [4.69, 9.17) is 0 Å². The molecule has 2 saturated heterocycles. The van der Waals surface area contributed by atoms with Gasteiger partial charge in [0, 0.05) is 31.2 Å². The lowest BCUT2D eigenvalue weighted by molar-refractivity contribution is 0.115. The average Bonchev–Trinajstić information content (AvgIpc) is 2.89. The maximum absolute atomic E-state index is 9.80. The lowest BCUT2D eigenvalue weighted by Gasteiger charge is -2.40. The van der Waals surface area contributed by atoms with Crippen LogP contribution in [0.5, 0.6) is 5.75 Å². The molecule has 3 nitrogen and oxygen atoms in total. The van der Waals surface area contributed by atoms with Crippen LogP contribution in [-0.2, 0) is 6.54 Å². The van der Waals surface area contributed by atoms with Gasteiger partial charge in [-0.1, -0.05) is 42.5 Å². The minimum atomic E-state index is 0.399. The molecule has 0 aromatic heterocycles. The van der Waals surface area contributed by atoms with Gasteiger partial charge in [-0.25, -0.2) is 0 Å². The SMILES string of the molecule is CC(CN1[C@@H]2CC[C@H]1C[C@@H](c1cccc(O)c1)C2)NCc1ccccc1. The molecule has 2 bridgehead atoms. The number of nitrogens with zero attached hydrogens (tertiary/aromatic N) is 1. The van der Waals surface area contributed by atoms with Crippen molar-refractivity contribution in [2.75, 3.05) is 6.54 Å². The fourth-order valence-corrected chi connectivity index (χ4v) is 4.89. The van der Waals surface area contributed by atoms with Crippen molar-refractivity contribution in [3.8, 4) is 5.75 Å². The number of piperidine rings is 1. The van der Waals surface area contributed by atoms with Crippen LogP contribution in [0.3, 0.4) is 0 Å². The Labute approximate surface area is 157 Å². The van der Waals surface area contributed by atoms with E-state index in [9.17, 15) is 5.11 Å². The maximum atomic E-state index is 9.80. The largest absolute Gasteiger partial charge is 0.508 e. The van der Waals surface area contributed by atoms with E-state index in [1.54, 1.807) is 6.07 Å². The molecule has 26 heavy (non-hydrogen) atoms. The minimum Gasteiger partial charge on any atom is -0.508 e. The van der Waals surface area contributed by atoms with E-state index in [0.29, 0.717) is 29.8 Å². The second-order valence-corrected chi connectivity index (χ2v) is 8.11. The molecule has 0 spiro atoms. The predicted octanol–water partition coefficient (Wildman–Crippen LogP) is 4.28. The molecule has 2 aromatic rings. The van der Waals surface area contributed by atoms with Crippen LogP contribution < -0.4 is 5.32 Å². The van der Waals surface area contributed by atoms with E-state index in [-0.39, 0.29) is 0 Å². The van der Waals surface area contributed by atoms with Gasteiger partial charge in [-0.05, 0) is 61.8 Å². The Morgan fingerprint density at radius 1 is 1.04 bits per heavy atom. The van der Waals surface area contributed by atoms with Crippen LogP contribution >= 0.6 is 0 Å². The van der Waals surface area contributed by atoms with Crippen molar-refractivity contribution in [1.82, 2.24) is 10.2 Å². The van der Waals surface area contributed by atoms with E-state index in [1.807, 2.05) is 12.1 Å². The summed E-state index contributed by atoms with van der Waals surface area (Å²) in [6.45, 7) is 4.38. The molecule has 2 N–H and O–H groups in total. The molecular weight excluding hydrogens is 320 g/mol. The number of aromatic hydroxyl groups is 1. The molecule has 0 saturated carbocycles. The summed E-state index contributed by atoms with van der Waals surface area (Å²) < 4.78 is 0. The summed E-state index contributed by atoms with van der Waals surface area (Å²) in [6.07, 6.45) is 5.10. The number of phenols is 1. The van der Waals surface area contributed by atoms with Gasteiger partial charge in [-0.2, -0.15) is 0 Å². The normalized spacial score (nSPS) is 26.7. The van der Waals surface area contributed by atoms with Gasteiger partial charge in [-0.3, -0.25) is 4.90 Å². The molecule has 4 rings (SSSR count). The fraction of sp³-hybridized carbons (Fsp3) is 0.478. The van der Waals surface area contributed by atoms with Crippen LogP contribution in [0.1, 0.15) is 49.7 Å². The van der Waals surface area contributed by atoms with Crippen molar-refractivity contribution in [3.05, 3.63) is 65.7 Å². The monoisotopic (exact) mass is 350 g/mol.